The maximum absolute atomic E-state index is 14.1. The SMILES string of the molecule is Cc1ccc(-c2csc(C3=C(O)CN(c4ccc(F)cc4F)C3=N)n2)cc1C. The zero-order valence-corrected chi connectivity index (χ0v) is 16.1. The molecule has 4 nitrogen and oxygen atoms in total. The largest absolute Gasteiger partial charge is 0.510 e. The summed E-state index contributed by atoms with van der Waals surface area (Å²) >= 11 is 1.31. The lowest BCUT2D eigenvalue weighted by Gasteiger charge is -2.19. The minimum atomic E-state index is -0.784. The average molecular weight is 397 g/mol. The van der Waals surface area contributed by atoms with Crippen molar-refractivity contribution < 1.29 is 13.9 Å². The zero-order chi connectivity index (χ0) is 20.0. The van der Waals surface area contributed by atoms with Crippen molar-refractivity contribution in [2.24, 2.45) is 0 Å². The number of benzene rings is 2. The van der Waals surface area contributed by atoms with E-state index < -0.39 is 11.6 Å². The molecule has 0 spiro atoms. The molecule has 0 radical (unpaired) electrons. The molecule has 2 heterocycles. The average Bonchev–Trinajstić information content (AvgIpc) is 3.22. The van der Waals surface area contributed by atoms with Crippen LogP contribution in [0.2, 0.25) is 0 Å². The van der Waals surface area contributed by atoms with Gasteiger partial charge in [0.2, 0.25) is 0 Å². The van der Waals surface area contributed by atoms with Crippen LogP contribution in [-0.2, 0) is 0 Å². The molecule has 4 rings (SSSR count). The number of rotatable bonds is 3. The summed E-state index contributed by atoms with van der Waals surface area (Å²) in [4.78, 5) is 5.88. The van der Waals surface area contributed by atoms with Crippen molar-refractivity contribution in [2.75, 3.05) is 11.4 Å². The zero-order valence-electron chi connectivity index (χ0n) is 15.3. The number of aryl methyl sites for hydroxylation is 2. The molecule has 1 aliphatic heterocycles. The third-order valence-electron chi connectivity index (χ3n) is 4.82. The van der Waals surface area contributed by atoms with Gasteiger partial charge in [0.1, 0.15) is 28.2 Å². The maximum Gasteiger partial charge on any atom is 0.149 e. The molecule has 28 heavy (non-hydrogen) atoms. The van der Waals surface area contributed by atoms with E-state index in [1.807, 2.05) is 37.4 Å². The Balaban J connectivity index is 1.66. The van der Waals surface area contributed by atoms with Crippen LogP contribution in [0.15, 0.2) is 47.5 Å². The highest BCUT2D eigenvalue weighted by atomic mass is 32.1. The van der Waals surface area contributed by atoms with E-state index in [-0.39, 0.29) is 29.4 Å². The Morgan fingerprint density at radius 2 is 1.89 bits per heavy atom. The molecule has 0 unspecified atom stereocenters. The van der Waals surface area contributed by atoms with Gasteiger partial charge in [-0.1, -0.05) is 12.1 Å². The number of hydrogen-bond acceptors (Lipinski definition) is 4. The summed E-state index contributed by atoms with van der Waals surface area (Å²) in [6.45, 7) is 4.01. The topological polar surface area (TPSA) is 60.2 Å². The van der Waals surface area contributed by atoms with Gasteiger partial charge in [0.05, 0.1) is 23.5 Å². The van der Waals surface area contributed by atoms with Gasteiger partial charge in [-0.2, -0.15) is 0 Å². The molecule has 7 heteroatoms. The highest BCUT2D eigenvalue weighted by Gasteiger charge is 2.32. The van der Waals surface area contributed by atoms with E-state index in [0.29, 0.717) is 5.01 Å². The number of thiazole rings is 1. The van der Waals surface area contributed by atoms with Crippen molar-refractivity contribution in [1.29, 1.82) is 5.41 Å². The third-order valence-corrected chi connectivity index (χ3v) is 5.68. The van der Waals surface area contributed by atoms with E-state index in [0.717, 1.165) is 29.0 Å². The van der Waals surface area contributed by atoms with E-state index in [1.165, 1.54) is 27.9 Å². The van der Waals surface area contributed by atoms with Gasteiger partial charge in [0.25, 0.3) is 0 Å². The Labute approximate surface area is 164 Å². The van der Waals surface area contributed by atoms with Gasteiger partial charge in [-0.3, -0.25) is 5.41 Å². The second kappa shape index (κ2) is 6.83. The van der Waals surface area contributed by atoms with Gasteiger partial charge in [0, 0.05) is 17.0 Å². The van der Waals surface area contributed by atoms with Crippen molar-refractivity contribution in [3.63, 3.8) is 0 Å². The van der Waals surface area contributed by atoms with Gasteiger partial charge in [0.15, 0.2) is 0 Å². The van der Waals surface area contributed by atoms with Crippen LogP contribution < -0.4 is 4.90 Å². The van der Waals surface area contributed by atoms with Crippen LogP contribution in [0.4, 0.5) is 14.5 Å². The quantitative estimate of drug-likeness (QED) is 0.616. The molecule has 0 bridgehead atoms. The summed E-state index contributed by atoms with van der Waals surface area (Å²) in [5.41, 5.74) is 4.36. The molecule has 0 amide bonds. The number of nitrogens with zero attached hydrogens (tertiary/aromatic N) is 2. The van der Waals surface area contributed by atoms with E-state index in [2.05, 4.69) is 4.98 Å². The minimum absolute atomic E-state index is 0.0406. The smallest absolute Gasteiger partial charge is 0.149 e. The Morgan fingerprint density at radius 3 is 2.61 bits per heavy atom. The van der Waals surface area contributed by atoms with Gasteiger partial charge in [-0.05, 0) is 43.2 Å². The molecule has 3 aromatic rings. The Bertz CT molecular complexity index is 1140. The van der Waals surface area contributed by atoms with Gasteiger partial charge >= 0.3 is 0 Å². The van der Waals surface area contributed by atoms with E-state index in [9.17, 15) is 13.9 Å². The van der Waals surface area contributed by atoms with Crippen LogP contribution >= 0.6 is 11.3 Å². The fraction of sp³-hybridized carbons (Fsp3) is 0.143. The van der Waals surface area contributed by atoms with Gasteiger partial charge < -0.3 is 10.0 Å². The molecule has 0 fully saturated rings. The Hall–Kier alpha value is -3.06. The second-order valence-corrected chi connectivity index (χ2v) is 7.55. The summed E-state index contributed by atoms with van der Waals surface area (Å²) in [5, 5.41) is 21.2. The van der Waals surface area contributed by atoms with Gasteiger partial charge in [-0.25, -0.2) is 13.8 Å². The molecule has 1 aromatic heterocycles. The van der Waals surface area contributed by atoms with Crippen molar-refractivity contribution >= 4 is 28.4 Å². The Morgan fingerprint density at radius 1 is 1.11 bits per heavy atom. The van der Waals surface area contributed by atoms with E-state index in [1.54, 1.807) is 0 Å². The van der Waals surface area contributed by atoms with Crippen LogP contribution in [0.3, 0.4) is 0 Å². The minimum Gasteiger partial charge on any atom is -0.510 e. The van der Waals surface area contributed by atoms with Crippen LogP contribution in [0.5, 0.6) is 0 Å². The predicted octanol–water partition coefficient (Wildman–Crippen LogP) is 5.47. The van der Waals surface area contributed by atoms with E-state index >= 15 is 0 Å². The molecule has 2 aromatic carbocycles. The lowest BCUT2D eigenvalue weighted by Crippen LogP contribution is -2.27. The number of aromatic nitrogens is 1. The first kappa shape index (κ1) is 18.3. The molecular weight excluding hydrogens is 380 g/mol. The van der Waals surface area contributed by atoms with Crippen LogP contribution in [0, 0.1) is 30.9 Å². The van der Waals surface area contributed by atoms with Crippen LogP contribution in [-0.4, -0.2) is 22.5 Å². The number of hydrogen-bond donors (Lipinski definition) is 2. The number of aliphatic hydroxyl groups excluding tert-OH is 1. The summed E-state index contributed by atoms with van der Waals surface area (Å²) < 4.78 is 27.3. The number of nitrogens with one attached hydrogen (secondary N) is 1. The van der Waals surface area contributed by atoms with Crippen molar-refractivity contribution in [1.82, 2.24) is 4.98 Å². The molecule has 2 N–H and O–H groups in total. The van der Waals surface area contributed by atoms with Crippen molar-refractivity contribution in [3.05, 3.63) is 75.3 Å². The first-order chi connectivity index (χ1) is 13.3. The molecule has 0 saturated carbocycles. The standard InChI is InChI=1S/C21H17F2N3OS/c1-11-3-4-13(7-12(11)2)16-10-28-21(25-16)19-18(27)9-26(20(19)24)17-6-5-14(22)8-15(17)23/h3-8,10,24,27H,9H2,1-2H3. The van der Waals surface area contributed by atoms with Crippen molar-refractivity contribution in [2.45, 2.75) is 13.8 Å². The highest BCUT2D eigenvalue weighted by molar-refractivity contribution is 7.11. The third kappa shape index (κ3) is 3.07. The fourth-order valence-corrected chi connectivity index (χ4v) is 4.03. The second-order valence-electron chi connectivity index (χ2n) is 6.69. The number of anilines is 1. The molecule has 142 valence electrons. The summed E-state index contributed by atoms with van der Waals surface area (Å²) in [5.74, 6) is -1.60. The highest BCUT2D eigenvalue weighted by Crippen LogP contribution is 2.35. The van der Waals surface area contributed by atoms with Gasteiger partial charge in [-0.15, -0.1) is 11.3 Å². The summed E-state index contributed by atoms with van der Waals surface area (Å²) in [6, 6.07) is 9.20. The summed E-state index contributed by atoms with van der Waals surface area (Å²) in [6.07, 6.45) is 0. The molecule has 0 saturated heterocycles. The lowest BCUT2D eigenvalue weighted by molar-refractivity contribution is 0.411. The van der Waals surface area contributed by atoms with Crippen molar-refractivity contribution in [3.8, 4) is 11.3 Å². The number of halogens is 2. The normalized spacial score (nSPS) is 14.3. The Kier molecular flexibility index (Phi) is 4.47. The maximum atomic E-state index is 14.1. The first-order valence-corrected chi connectivity index (χ1v) is 9.50. The lowest BCUT2D eigenvalue weighted by atomic mass is 10.1. The number of amidine groups is 1. The van der Waals surface area contributed by atoms with Crippen LogP contribution in [0.25, 0.3) is 16.8 Å². The molecule has 1 aliphatic rings. The predicted molar refractivity (Wildman–Crippen MR) is 108 cm³/mol. The molecular formula is C21H17F2N3OS. The number of aliphatic hydroxyl groups is 1. The fourth-order valence-electron chi connectivity index (χ4n) is 3.13. The first-order valence-electron chi connectivity index (χ1n) is 8.62. The van der Waals surface area contributed by atoms with E-state index in [4.69, 9.17) is 5.41 Å². The molecule has 0 atom stereocenters. The molecule has 0 aliphatic carbocycles. The summed E-state index contributed by atoms with van der Waals surface area (Å²) in [7, 11) is 0. The monoisotopic (exact) mass is 397 g/mol. The van der Waals surface area contributed by atoms with Crippen LogP contribution in [0.1, 0.15) is 16.1 Å².